The SMILES string of the molecule is CCC1CCCN(C(=O)C2(CN)CCC(C)CC2)CC1. The van der Waals surface area contributed by atoms with Gasteiger partial charge in [0.1, 0.15) is 0 Å². The number of nitrogens with zero attached hydrogens (tertiary/aromatic N) is 1. The molecule has 20 heavy (non-hydrogen) atoms. The van der Waals surface area contributed by atoms with Crippen LogP contribution in [0.2, 0.25) is 0 Å². The molecule has 1 unspecified atom stereocenters. The third-order valence-electron chi connectivity index (χ3n) is 5.79. The van der Waals surface area contributed by atoms with Gasteiger partial charge in [0.25, 0.3) is 0 Å². The number of carbonyl (C=O) groups is 1. The summed E-state index contributed by atoms with van der Waals surface area (Å²) in [4.78, 5) is 15.1. The quantitative estimate of drug-likeness (QED) is 0.863. The minimum atomic E-state index is -0.238. The van der Waals surface area contributed by atoms with Crippen LogP contribution in [0.1, 0.15) is 65.2 Å². The van der Waals surface area contributed by atoms with Crippen LogP contribution < -0.4 is 5.73 Å². The normalized spacial score (nSPS) is 35.6. The van der Waals surface area contributed by atoms with Crippen LogP contribution >= 0.6 is 0 Å². The summed E-state index contributed by atoms with van der Waals surface area (Å²) in [5.74, 6) is 1.94. The third kappa shape index (κ3) is 3.36. The van der Waals surface area contributed by atoms with Crippen molar-refractivity contribution in [3.05, 3.63) is 0 Å². The van der Waals surface area contributed by atoms with Gasteiger partial charge in [0, 0.05) is 19.6 Å². The number of likely N-dealkylation sites (tertiary alicyclic amines) is 1. The lowest BCUT2D eigenvalue weighted by Gasteiger charge is -2.40. The van der Waals surface area contributed by atoms with Crippen LogP contribution in [0.25, 0.3) is 0 Å². The molecular weight excluding hydrogens is 248 g/mol. The fourth-order valence-corrected chi connectivity index (χ4v) is 3.93. The minimum absolute atomic E-state index is 0.238. The van der Waals surface area contributed by atoms with E-state index < -0.39 is 0 Å². The monoisotopic (exact) mass is 280 g/mol. The number of carbonyl (C=O) groups excluding carboxylic acids is 1. The first-order valence-corrected chi connectivity index (χ1v) is 8.60. The Morgan fingerprint density at radius 1 is 1.20 bits per heavy atom. The lowest BCUT2D eigenvalue weighted by atomic mass is 9.70. The second kappa shape index (κ2) is 6.93. The zero-order valence-electron chi connectivity index (χ0n) is 13.4. The predicted octanol–water partition coefficient (Wildman–Crippen LogP) is 3.18. The first kappa shape index (κ1) is 15.8. The van der Waals surface area contributed by atoms with Crippen LogP contribution in [0, 0.1) is 17.3 Å². The van der Waals surface area contributed by atoms with E-state index in [2.05, 4.69) is 18.7 Å². The molecule has 2 rings (SSSR count). The van der Waals surface area contributed by atoms with Crippen molar-refractivity contribution < 1.29 is 4.79 Å². The van der Waals surface area contributed by atoms with Crippen molar-refractivity contribution >= 4 is 5.91 Å². The summed E-state index contributed by atoms with van der Waals surface area (Å²) in [6.45, 7) is 7.00. The molecule has 3 nitrogen and oxygen atoms in total. The fourth-order valence-electron chi connectivity index (χ4n) is 3.93. The average molecular weight is 280 g/mol. The highest BCUT2D eigenvalue weighted by molar-refractivity contribution is 5.83. The molecule has 3 heteroatoms. The molecule has 2 aliphatic rings. The van der Waals surface area contributed by atoms with Gasteiger partial charge < -0.3 is 10.6 Å². The van der Waals surface area contributed by atoms with Crippen molar-refractivity contribution in [3.8, 4) is 0 Å². The maximum Gasteiger partial charge on any atom is 0.230 e. The summed E-state index contributed by atoms with van der Waals surface area (Å²) >= 11 is 0. The summed E-state index contributed by atoms with van der Waals surface area (Å²) in [7, 11) is 0. The minimum Gasteiger partial charge on any atom is -0.342 e. The number of hydrogen-bond acceptors (Lipinski definition) is 2. The Bertz CT molecular complexity index is 321. The van der Waals surface area contributed by atoms with E-state index in [1.165, 1.54) is 25.7 Å². The molecule has 2 N–H and O–H groups in total. The van der Waals surface area contributed by atoms with Crippen LogP contribution in [-0.4, -0.2) is 30.4 Å². The van der Waals surface area contributed by atoms with Crippen molar-refractivity contribution in [2.45, 2.75) is 65.2 Å². The summed E-state index contributed by atoms with van der Waals surface area (Å²) in [5.41, 5.74) is 5.80. The molecule has 1 heterocycles. The summed E-state index contributed by atoms with van der Waals surface area (Å²) in [5, 5.41) is 0. The van der Waals surface area contributed by atoms with Crippen LogP contribution in [-0.2, 0) is 4.79 Å². The zero-order chi connectivity index (χ0) is 14.6. The molecule has 0 bridgehead atoms. The molecule has 1 aliphatic carbocycles. The van der Waals surface area contributed by atoms with E-state index in [0.29, 0.717) is 12.5 Å². The van der Waals surface area contributed by atoms with Gasteiger partial charge in [-0.3, -0.25) is 4.79 Å². The van der Waals surface area contributed by atoms with Crippen molar-refractivity contribution in [1.29, 1.82) is 0 Å². The van der Waals surface area contributed by atoms with Gasteiger partial charge in [0.15, 0.2) is 0 Å². The Balaban J connectivity index is 2.01. The van der Waals surface area contributed by atoms with E-state index in [0.717, 1.165) is 50.6 Å². The first-order valence-electron chi connectivity index (χ1n) is 8.60. The lowest BCUT2D eigenvalue weighted by Crippen LogP contribution is -2.50. The number of nitrogens with two attached hydrogens (primary N) is 1. The standard InChI is InChI=1S/C17H32N2O/c1-3-15-5-4-11-19(12-8-15)16(20)17(13-18)9-6-14(2)7-10-17/h14-15H,3-13,18H2,1-2H3. The molecule has 1 amide bonds. The van der Waals surface area contributed by atoms with E-state index >= 15 is 0 Å². The Hall–Kier alpha value is -0.570. The number of amides is 1. The van der Waals surface area contributed by atoms with Crippen molar-refractivity contribution in [2.24, 2.45) is 23.0 Å². The molecule has 116 valence electrons. The highest BCUT2D eigenvalue weighted by Gasteiger charge is 2.42. The van der Waals surface area contributed by atoms with E-state index in [4.69, 9.17) is 5.73 Å². The molecule has 0 aromatic heterocycles. The molecule has 0 spiro atoms. The molecule has 0 aromatic carbocycles. The van der Waals surface area contributed by atoms with E-state index in [1.807, 2.05) is 0 Å². The maximum absolute atomic E-state index is 13.0. The van der Waals surface area contributed by atoms with Gasteiger partial charge in [-0.25, -0.2) is 0 Å². The summed E-state index contributed by atoms with van der Waals surface area (Å²) in [6, 6.07) is 0. The molecule has 1 aliphatic heterocycles. The highest BCUT2D eigenvalue weighted by Crippen LogP contribution is 2.40. The number of rotatable bonds is 3. The van der Waals surface area contributed by atoms with Gasteiger partial charge in [0.2, 0.25) is 5.91 Å². The van der Waals surface area contributed by atoms with E-state index in [-0.39, 0.29) is 5.41 Å². The highest BCUT2D eigenvalue weighted by atomic mass is 16.2. The molecule has 1 saturated heterocycles. The van der Waals surface area contributed by atoms with Crippen molar-refractivity contribution in [1.82, 2.24) is 4.90 Å². The average Bonchev–Trinajstić information content (AvgIpc) is 2.73. The van der Waals surface area contributed by atoms with Gasteiger partial charge in [-0.1, -0.05) is 20.3 Å². The summed E-state index contributed by atoms with van der Waals surface area (Å²) < 4.78 is 0. The summed E-state index contributed by atoms with van der Waals surface area (Å²) in [6.07, 6.45) is 9.20. The van der Waals surface area contributed by atoms with Crippen LogP contribution in [0.15, 0.2) is 0 Å². The molecule has 1 saturated carbocycles. The Kier molecular flexibility index (Phi) is 5.48. The first-order chi connectivity index (χ1) is 9.61. The van der Waals surface area contributed by atoms with Crippen LogP contribution in [0.3, 0.4) is 0 Å². The Labute approximate surface area is 124 Å². The molecule has 0 radical (unpaired) electrons. The molecule has 0 aromatic rings. The van der Waals surface area contributed by atoms with Crippen LogP contribution in [0.5, 0.6) is 0 Å². The fraction of sp³-hybridized carbons (Fsp3) is 0.941. The molecule has 1 atom stereocenters. The second-order valence-electron chi connectivity index (χ2n) is 7.16. The van der Waals surface area contributed by atoms with Gasteiger partial charge in [-0.05, 0) is 56.8 Å². The smallest absolute Gasteiger partial charge is 0.230 e. The van der Waals surface area contributed by atoms with Gasteiger partial charge >= 0.3 is 0 Å². The Morgan fingerprint density at radius 2 is 1.90 bits per heavy atom. The van der Waals surface area contributed by atoms with Gasteiger partial charge in [0.05, 0.1) is 5.41 Å². The predicted molar refractivity (Wildman–Crippen MR) is 83.3 cm³/mol. The van der Waals surface area contributed by atoms with Crippen molar-refractivity contribution in [3.63, 3.8) is 0 Å². The van der Waals surface area contributed by atoms with Crippen molar-refractivity contribution in [2.75, 3.05) is 19.6 Å². The number of hydrogen-bond donors (Lipinski definition) is 1. The second-order valence-corrected chi connectivity index (χ2v) is 7.16. The van der Waals surface area contributed by atoms with Gasteiger partial charge in [-0.2, -0.15) is 0 Å². The molecule has 2 fully saturated rings. The maximum atomic E-state index is 13.0. The zero-order valence-corrected chi connectivity index (χ0v) is 13.4. The van der Waals surface area contributed by atoms with Gasteiger partial charge in [-0.15, -0.1) is 0 Å². The Morgan fingerprint density at radius 3 is 2.50 bits per heavy atom. The molecular formula is C17H32N2O. The topological polar surface area (TPSA) is 46.3 Å². The van der Waals surface area contributed by atoms with E-state index in [1.54, 1.807) is 0 Å². The third-order valence-corrected chi connectivity index (χ3v) is 5.79. The largest absolute Gasteiger partial charge is 0.342 e. The lowest BCUT2D eigenvalue weighted by molar-refractivity contribution is -0.144. The van der Waals surface area contributed by atoms with E-state index in [9.17, 15) is 4.79 Å². The van der Waals surface area contributed by atoms with Crippen LogP contribution in [0.4, 0.5) is 0 Å².